The van der Waals surface area contributed by atoms with Gasteiger partial charge in [0.1, 0.15) is 5.54 Å². The van der Waals surface area contributed by atoms with Crippen LogP contribution in [0.25, 0.3) is 0 Å². The van der Waals surface area contributed by atoms with Gasteiger partial charge in [-0.25, -0.2) is 0 Å². The highest BCUT2D eigenvalue weighted by molar-refractivity contribution is 5.94. The highest BCUT2D eigenvalue weighted by Crippen LogP contribution is 2.41. The maximum Gasteiger partial charge on any atom is 0.249 e. The summed E-state index contributed by atoms with van der Waals surface area (Å²) in [5.41, 5.74) is -0.705. The van der Waals surface area contributed by atoms with Gasteiger partial charge in [-0.15, -0.1) is 5.92 Å². The zero-order valence-electron chi connectivity index (χ0n) is 10.4. The molecular formula is C13H18N2O2. The van der Waals surface area contributed by atoms with Gasteiger partial charge < -0.3 is 10.2 Å². The van der Waals surface area contributed by atoms with Crippen LogP contribution in [0.15, 0.2) is 0 Å². The van der Waals surface area contributed by atoms with E-state index in [-0.39, 0.29) is 11.8 Å². The first-order valence-corrected chi connectivity index (χ1v) is 6.08. The molecule has 92 valence electrons. The van der Waals surface area contributed by atoms with Crippen molar-refractivity contribution in [2.24, 2.45) is 5.92 Å². The second kappa shape index (κ2) is 4.40. The van der Waals surface area contributed by atoms with Crippen molar-refractivity contribution in [3.05, 3.63) is 0 Å². The first-order valence-electron chi connectivity index (χ1n) is 6.08. The van der Waals surface area contributed by atoms with Crippen molar-refractivity contribution in [1.29, 1.82) is 0 Å². The van der Waals surface area contributed by atoms with Crippen LogP contribution < -0.4 is 5.32 Å². The first kappa shape index (κ1) is 12.0. The lowest BCUT2D eigenvalue weighted by atomic mass is 9.94. The molecule has 1 aliphatic heterocycles. The number of nitrogens with zero attached hydrogens (tertiary/aromatic N) is 1. The average molecular weight is 234 g/mol. The number of hydrogen-bond donors (Lipinski definition) is 1. The van der Waals surface area contributed by atoms with E-state index in [1.807, 2.05) is 6.92 Å². The predicted octanol–water partition coefficient (Wildman–Crippen LogP) is 0.527. The fourth-order valence-electron chi connectivity index (χ4n) is 2.33. The summed E-state index contributed by atoms with van der Waals surface area (Å²) in [6.07, 6.45) is 2.42. The maximum absolute atomic E-state index is 12.4. The zero-order valence-corrected chi connectivity index (χ0v) is 10.4. The van der Waals surface area contributed by atoms with Gasteiger partial charge in [0.25, 0.3) is 0 Å². The lowest BCUT2D eigenvalue weighted by Gasteiger charge is -2.31. The monoisotopic (exact) mass is 234 g/mol. The maximum atomic E-state index is 12.4. The molecule has 1 N–H and O–H groups in total. The molecule has 2 aliphatic rings. The van der Waals surface area contributed by atoms with Crippen molar-refractivity contribution >= 4 is 11.8 Å². The molecule has 1 atom stereocenters. The third-order valence-corrected chi connectivity index (χ3v) is 3.58. The first-order chi connectivity index (χ1) is 8.08. The summed E-state index contributed by atoms with van der Waals surface area (Å²) in [6.45, 7) is 4.50. The van der Waals surface area contributed by atoms with Crippen LogP contribution in [0.4, 0.5) is 0 Å². The van der Waals surface area contributed by atoms with E-state index in [2.05, 4.69) is 17.2 Å². The van der Waals surface area contributed by atoms with E-state index in [9.17, 15) is 9.59 Å². The van der Waals surface area contributed by atoms with Crippen molar-refractivity contribution in [3.63, 3.8) is 0 Å². The quantitative estimate of drug-likeness (QED) is 0.708. The molecule has 0 aromatic rings. The summed E-state index contributed by atoms with van der Waals surface area (Å²) in [5, 5.41) is 2.90. The van der Waals surface area contributed by atoms with Crippen LogP contribution in [0.5, 0.6) is 0 Å². The summed E-state index contributed by atoms with van der Waals surface area (Å²) in [5.74, 6) is 5.99. The lowest BCUT2D eigenvalue weighted by Crippen LogP contribution is -2.56. The Balaban J connectivity index is 2.21. The molecule has 0 bridgehead atoms. The van der Waals surface area contributed by atoms with E-state index < -0.39 is 5.54 Å². The second-order valence-corrected chi connectivity index (χ2v) is 4.93. The number of rotatable bonds is 2. The number of nitrogens with one attached hydrogen (secondary N) is 1. The second-order valence-electron chi connectivity index (χ2n) is 4.93. The van der Waals surface area contributed by atoms with Gasteiger partial charge in [-0.2, -0.15) is 0 Å². The largest absolute Gasteiger partial charge is 0.342 e. The van der Waals surface area contributed by atoms with Gasteiger partial charge >= 0.3 is 0 Å². The summed E-state index contributed by atoms with van der Waals surface area (Å²) in [7, 11) is 0. The van der Waals surface area contributed by atoms with Crippen LogP contribution >= 0.6 is 0 Å². The van der Waals surface area contributed by atoms with E-state index in [1.165, 1.54) is 0 Å². The van der Waals surface area contributed by atoms with Crippen LogP contribution in [0.3, 0.4) is 0 Å². The Labute approximate surface area is 102 Å². The van der Waals surface area contributed by atoms with E-state index in [4.69, 9.17) is 0 Å². The van der Waals surface area contributed by atoms with Gasteiger partial charge in [0, 0.05) is 13.0 Å². The minimum Gasteiger partial charge on any atom is -0.342 e. The van der Waals surface area contributed by atoms with Crippen LogP contribution in [-0.2, 0) is 9.59 Å². The topological polar surface area (TPSA) is 49.4 Å². The number of hydrogen-bond acceptors (Lipinski definition) is 2. The highest BCUT2D eigenvalue weighted by Gasteiger charge is 2.50. The molecule has 1 aliphatic carbocycles. The highest BCUT2D eigenvalue weighted by atomic mass is 16.2. The summed E-state index contributed by atoms with van der Waals surface area (Å²) in [4.78, 5) is 25.8. The minimum atomic E-state index is -0.705. The summed E-state index contributed by atoms with van der Waals surface area (Å²) in [6, 6.07) is 0. The van der Waals surface area contributed by atoms with E-state index >= 15 is 0 Å². The van der Waals surface area contributed by atoms with E-state index in [1.54, 1.807) is 11.8 Å². The molecule has 1 saturated heterocycles. The van der Waals surface area contributed by atoms with E-state index in [0.29, 0.717) is 25.4 Å². The Hall–Kier alpha value is -1.50. The van der Waals surface area contributed by atoms with Gasteiger partial charge in [0.05, 0.1) is 6.54 Å². The summed E-state index contributed by atoms with van der Waals surface area (Å²) >= 11 is 0. The number of carbonyl (C=O) groups is 2. The molecule has 2 rings (SSSR count). The molecule has 1 saturated carbocycles. The van der Waals surface area contributed by atoms with Gasteiger partial charge in [-0.3, -0.25) is 9.59 Å². The fourth-order valence-corrected chi connectivity index (χ4v) is 2.33. The Morgan fingerprint density at radius 2 is 2.18 bits per heavy atom. The Morgan fingerprint density at radius 1 is 1.47 bits per heavy atom. The smallest absolute Gasteiger partial charge is 0.249 e. The van der Waals surface area contributed by atoms with Gasteiger partial charge in [0.15, 0.2) is 0 Å². The molecule has 0 radical (unpaired) electrons. The van der Waals surface area contributed by atoms with Crippen molar-refractivity contribution < 1.29 is 9.59 Å². The van der Waals surface area contributed by atoms with Crippen molar-refractivity contribution in [3.8, 4) is 11.8 Å². The molecule has 0 spiro atoms. The van der Waals surface area contributed by atoms with Crippen LogP contribution in [-0.4, -0.2) is 35.3 Å². The van der Waals surface area contributed by atoms with Crippen molar-refractivity contribution in [2.45, 2.75) is 38.6 Å². The molecule has 4 nitrogen and oxygen atoms in total. The molecule has 0 aromatic carbocycles. The molecule has 4 heteroatoms. The van der Waals surface area contributed by atoms with E-state index in [0.717, 1.165) is 12.8 Å². The third kappa shape index (κ3) is 2.28. The molecule has 1 heterocycles. The Kier molecular flexibility index (Phi) is 3.10. The predicted molar refractivity (Wildman–Crippen MR) is 63.9 cm³/mol. The van der Waals surface area contributed by atoms with Crippen LogP contribution in [0.1, 0.15) is 33.1 Å². The Bertz CT molecular complexity index is 403. The zero-order chi connectivity index (χ0) is 12.5. The normalized spacial score (nSPS) is 29.2. The van der Waals surface area contributed by atoms with Crippen molar-refractivity contribution in [1.82, 2.24) is 10.2 Å². The molecule has 0 aromatic heterocycles. The fraction of sp³-hybridized carbons (Fsp3) is 0.692. The number of carbonyl (C=O) groups excluding carboxylic acids is 2. The van der Waals surface area contributed by atoms with Gasteiger partial charge in [0.2, 0.25) is 11.8 Å². The number of amides is 2. The Morgan fingerprint density at radius 3 is 2.76 bits per heavy atom. The molecule has 2 amide bonds. The van der Waals surface area contributed by atoms with Gasteiger partial charge in [-0.05, 0) is 32.6 Å². The molecule has 1 unspecified atom stereocenters. The standard InChI is InChI=1S/C13H18N2O2/c1-3-4-8-15-9-7-11(16)14-13(2,12(15)17)10-5-6-10/h10H,5-9H2,1-2H3,(H,14,16). The van der Waals surface area contributed by atoms with Gasteiger partial charge in [-0.1, -0.05) is 5.92 Å². The molecule has 2 fully saturated rings. The molecular weight excluding hydrogens is 216 g/mol. The average Bonchev–Trinajstić information content (AvgIpc) is 3.11. The SMILES string of the molecule is CC#CCN1CCC(=O)NC(C)(C2CC2)C1=O. The van der Waals surface area contributed by atoms with Crippen LogP contribution in [0, 0.1) is 17.8 Å². The molecule has 17 heavy (non-hydrogen) atoms. The third-order valence-electron chi connectivity index (χ3n) is 3.58. The lowest BCUT2D eigenvalue weighted by molar-refractivity contribution is -0.138. The summed E-state index contributed by atoms with van der Waals surface area (Å²) < 4.78 is 0. The van der Waals surface area contributed by atoms with Crippen molar-refractivity contribution in [2.75, 3.05) is 13.1 Å². The van der Waals surface area contributed by atoms with Crippen LogP contribution in [0.2, 0.25) is 0 Å². The minimum absolute atomic E-state index is 0.0219.